The first kappa shape index (κ1) is 73.7. The van der Waals surface area contributed by atoms with E-state index in [9.17, 15) is 0 Å². The molecule has 0 saturated heterocycles. The van der Waals surface area contributed by atoms with Gasteiger partial charge in [0.25, 0.3) is 0 Å². The normalized spacial score (nSPS) is 11.0. The minimum Gasteiger partial charge on any atom is -0.255 e. The number of aromatic nitrogens is 13. The standard InChI is InChI=1S/C54H36N6.C53H35N7/c1-4-16-46(43(13-1)37-22-25-52(58-34-37)49-19-7-10-28-55-49)40-31-41(47-17-5-2-14-44(47)38-23-26-53(59-35-38)50-20-8-11-29-56-50)33-42(32-40)48-18-6-3-15-45(48)39-24-27-54(60-36-39)51-21-9-12-30-57-51;1-4-31-54-46(10-1)49-16-7-13-43(57-49)37-21-19-36(20-22-37)42-34-52(40-27-23-38(24-28-40)44-14-8-17-50(58-44)47-11-2-5-32-55-47)60-53(35-42)41-29-25-39(26-30-41)45-15-9-18-51(59-45)48-12-3-6-33-56-48/h1-36H;1-35H. The first-order chi connectivity index (χ1) is 59.4. The maximum Gasteiger partial charge on any atom is 0.0893 e. The van der Waals surface area contributed by atoms with Gasteiger partial charge in [0.2, 0.25) is 0 Å². The summed E-state index contributed by atoms with van der Waals surface area (Å²) in [6.45, 7) is 0. The molecule has 0 aliphatic carbocycles. The van der Waals surface area contributed by atoms with E-state index in [0.29, 0.717) is 0 Å². The zero-order valence-electron chi connectivity index (χ0n) is 64.8. The molecule has 7 aromatic carbocycles. The van der Waals surface area contributed by atoms with E-state index in [0.717, 1.165) is 203 Å². The third-order valence-corrected chi connectivity index (χ3v) is 21.0. The average molecular weight is 1540 g/mol. The van der Waals surface area contributed by atoms with Gasteiger partial charge < -0.3 is 0 Å². The number of rotatable bonds is 18. The molecule has 0 amide bonds. The van der Waals surface area contributed by atoms with Gasteiger partial charge in [-0.2, -0.15) is 0 Å². The molecule has 20 rings (SSSR count). The number of nitrogens with zero attached hydrogens (tertiary/aromatic N) is 13. The maximum absolute atomic E-state index is 5.25. The molecule has 120 heavy (non-hydrogen) atoms. The lowest BCUT2D eigenvalue weighted by molar-refractivity contribution is 1.25. The zero-order valence-corrected chi connectivity index (χ0v) is 64.8. The van der Waals surface area contributed by atoms with Crippen LogP contribution in [0.1, 0.15) is 0 Å². The van der Waals surface area contributed by atoms with Crippen molar-refractivity contribution >= 4 is 0 Å². The lowest BCUT2D eigenvalue weighted by Gasteiger charge is -2.18. The molecule has 0 radical (unpaired) electrons. The van der Waals surface area contributed by atoms with E-state index in [4.69, 9.17) is 34.9 Å². The fourth-order valence-corrected chi connectivity index (χ4v) is 14.9. The van der Waals surface area contributed by atoms with Gasteiger partial charge in [0.1, 0.15) is 0 Å². The number of benzene rings is 7. The molecule has 13 heterocycles. The van der Waals surface area contributed by atoms with Crippen LogP contribution < -0.4 is 0 Å². The molecule has 0 bridgehead atoms. The minimum absolute atomic E-state index is 0.833. The molecule has 0 aliphatic rings. The summed E-state index contributed by atoms with van der Waals surface area (Å²) >= 11 is 0. The van der Waals surface area contributed by atoms with Gasteiger partial charge in [-0.05, 0) is 219 Å². The van der Waals surface area contributed by atoms with E-state index in [1.165, 1.54) is 0 Å². The third kappa shape index (κ3) is 16.3. The van der Waals surface area contributed by atoms with Gasteiger partial charge in [-0.1, -0.05) is 218 Å². The zero-order chi connectivity index (χ0) is 80.2. The minimum atomic E-state index is 0.833. The topological polar surface area (TPSA) is 168 Å². The van der Waals surface area contributed by atoms with E-state index in [2.05, 4.69) is 224 Å². The SMILES string of the molecule is c1ccc(-c2ccc(-c3ccccc3-c3cc(-c4ccccc4-c4ccc(-c5ccccn5)nc4)cc(-c4ccccc4-c4ccc(-c5ccccn5)nc4)c3)cn2)nc1.c1ccc(-c2cccc(-c3ccc(-c4cc(-c5ccc(-c6cccc(-c7ccccn7)n6)cc5)nc(-c5ccc(-c6cccc(-c7ccccn7)n6)cc5)c4)cc3)n2)nc1. The first-order valence-electron chi connectivity index (χ1n) is 39.5. The van der Waals surface area contributed by atoms with E-state index >= 15 is 0 Å². The van der Waals surface area contributed by atoms with Crippen LogP contribution in [-0.2, 0) is 0 Å². The number of hydrogen-bond donors (Lipinski definition) is 0. The van der Waals surface area contributed by atoms with Crippen LogP contribution >= 0.6 is 0 Å². The molecular formula is C107H71N13. The van der Waals surface area contributed by atoms with Crippen molar-refractivity contribution in [1.82, 2.24) is 64.8 Å². The smallest absolute Gasteiger partial charge is 0.0893 e. The Morgan fingerprint density at radius 1 is 0.108 bits per heavy atom. The van der Waals surface area contributed by atoms with Crippen molar-refractivity contribution in [3.63, 3.8) is 0 Å². The molecule has 0 unspecified atom stereocenters. The Labute approximate surface area is 694 Å². The molecule has 0 atom stereocenters. The highest BCUT2D eigenvalue weighted by atomic mass is 14.8. The number of pyridine rings is 13. The van der Waals surface area contributed by atoms with E-state index < -0.39 is 0 Å². The second kappa shape index (κ2) is 34.3. The highest BCUT2D eigenvalue weighted by molar-refractivity contribution is 5.95. The largest absolute Gasteiger partial charge is 0.255 e. The Hall–Kier alpha value is -16.5. The van der Waals surface area contributed by atoms with E-state index in [-0.39, 0.29) is 0 Å². The highest BCUT2D eigenvalue weighted by Crippen LogP contribution is 2.44. The van der Waals surface area contributed by atoms with Gasteiger partial charge in [0, 0.05) is 100 Å². The second-order valence-electron chi connectivity index (χ2n) is 28.6. The van der Waals surface area contributed by atoms with Crippen molar-refractivity contribution in [2.45, 2.75) is 0 Å². The van der Waals surface area contributed by atoms with E-state index in [1.807, 2.05) is 201 Å². The Bertz CT molecular complexity index is 6240. The van der Waals surface area contributed by atoms with Gasteiger partial charge in [0.05, 0.1) is 96.8 Å². The van der Waals surface area contributed by atoms with Crippen molar-refractivity contribution in [2.75, 3.05) is 0 Å². The fourth-order valence-electron chi connectivity index (χ4n) is 14.9. The monoisotopic (exact) mass is 1540 g/mol. The van der Waals surface area contributed by atoms with Crippen LogP contribution in [0.4, 0.5) is 0 Å². The molecule has 0 N–H and O–H groups in total. The molecule has 0 spiro atoms. The van der Waals surface area contributed by atoms with Crippen LogP contribution in [0.15, 0.2) is 432 Å². The van der Waals surface area contributed by atoms with Gasteiger partial charge >= 0.3 is 0 Å². The summed E-state index contributed by atoms with van der Waals surface area (Å²) < 4.78 is 0. The number of hydrogen-bond acceptors (Lipinski definition) is 13. The van der Waals surface area contributed by atoms with Crippen molar-refractivity contribution < 1.29 is 0 Å². The first-order valence-corrected chi connectivity index (χ1v) is 39.5. The van der Waals surface area contributed by atoms with Crippen molar-refractivity contribution in [1.29, 1.82) is 0 Å². The molecule has 0 aliphatic heterocycles. The molecular weight excluding hydrogens is 1470 g/mol. The summed E-state index contributed by atoms with van der Waals surface area (Å²) in [5, 5.41) is 0. The molecule has 564 valence electrons. The lowest BCUT2D eigenvalue weighted by atomic mass is 9.86. The second-order valence-corrected chi connectivity index (χ2v) is 28.6. The van der Waals surface area contributed by atoms with Gasteiger partial charge in [-0.15, -0.1) is 0 Å². The lowest BCUT2D eigenvalue weighted by Crippen LogP contribution is -1.93. The van der Waals surface area contributed by atoms with Crippen LogP contribution in [0, 0.1) is 0 Å². The van der Waals surface area contributed by atoms with Crippen molar-refractivity contribution in [3.05, 3.63) is 432 Å². The summed E-state index contributed by atoms with van der Waals surface area (Å²) in [7, 11) is 0. The van der Waals surface area contributed by atoms with Crippen LogP contribution in [0.5, 0.6) is 0 Å². The third-order valence-electron chi connectivity index (χ3n) is 21.0. The molecule has 0 saturated carbocycles. The van der Waals surface area contributed by atoms with Crippen molar-refractivity contribution in [3.8, 4) is 203 Å². The Balaban J connectivity index is 0.000000159. The quantitative estimate of drug-likeness (QED) is 0.0797. The van der Waals surface area contributed by atoms with Gasteiger partial charge in [0.15, 0.2) is 0 Å². The predicted octanol–water partition coefficient (Wildman–Crippen LogP) is 25.5. The van der Waals surface area contributed by atoms with E-state index in [1.54, 1.807) is 37.2 Å². The fraction of sp³-hybridized carbons (Fsp3) is 0. The van der Waals surface area contributed by atoms with Crippen LogP contribution in [0.25, 0.3) is 203 Å². The van der Waals surface area contributed by atoms with Gasteiger partial charge in [-0.25, -0.2) is 19.9 Å². The van der Waals surface area contributed by atoms with Crippen LogP contribution in [0.3, 0.4) is 0 Å². The molecule has 0 fully saturated rings. The molecule has 13 aromatic heterocycles. The summed E-state index contributed by atoms with van der Waals surface area (Å²) in [4.78, 5) is 61.6. The molecule has 20 aromatic rings. The Morgan fingerprint density at radius 3 is 0.558 bits per heavy atom. The predicted molar refractivity (Wildman–Crippen MR) is 482 cm³/mol. The summed E-state index contributed by atoms with van der Waals surface area (Å²) in [6, 6.07) is 128. The molecule has 13 heteroatoms. The van der Waals surface area contributed by atoms with Crippen LogP contribution in [0.2, 0.25) is 0 Å². The summed E-state index contributed by atoms with van der Waals surface area (Å²) in [5.74, 6) is 0. The summed E-state index contributed by atoms with van der Waals surface area (Å²) in [6.07, 6.45) is 16.6. The summed E-state index contributed by atoms with van der Waals surface area (Å²) in [5.41, 5.74) is 34.5. The highest BCUT2D eigenvalue weighted by Gasteiger charge is 2.20. The van der Waals surface area contributed by atoms with Crippen LogP contribution in [-0.4, -0.2) is 64.8 Å². The molecule has 13 nitrogen and oxygen atoms in total. The van der Waals surface area contributed by atoms with Gasteiger partial charge in [-0.3, -0.25) is 44.9 Å². The maximum atomic E-state index is 5.25. The Morgan fingerprint density at radius 2 is 0.308 bits per heavy atom. The Kier molecular flexibility index (Phi) is 21.0. The van der Waals surface area contributed by atoms with Crippen molar-refractivity contribution in [2.24, 2.45) is 0 Å². The average Bonchev–Trinajstić information content (AvgIpc) is 0.743.